The molecule has 0 aliphatic heterocycles. The second kappa shape index (κ2) is 3.55. The van der Waals surface area contributed by atoms with Gasteiger partial charge in [0.05, 0.1) is 5.69 Å². The topological polar surface area (TPSA) is 73.8 Å². The van der Waals surface area contributed by atoms with E-state index in [9.17, 15) is 4.79 Å². The van der Waals surface area contributed by atoms with Crippen LogP contribution in [-0.2, 0) is 6.54 Å². The molecule has 0 saturated carbocycles. The van der Waals surface area contributed by atoms with Crippen LogP contribution >= 0.6 is 0 Å². The predicted octanol–water partition coefficient (Wildman–Crippen LogP) is 0.341. The normalized spacial score (nSPS) is 10.8. The number of carbonyl (C=O) groups excluding carboxylic acids is 1. The molecule has 0 bridgehead atoms. The summed E-state index contributed by atoms with van der Waals surface area (Å²) in [6, 6.07) is 0. The van der Waals surface area contributed by atoms with Crippen LogP contribution in [0.25, 0.3) is 0 Å². The number of hydrogen-bond donors (Lipinski definition) is 1. The fourth-order valence-corrected chi connectivity index (χ4v) is 1.11. The number of hydrogen-bond acceptors (Lipinski definition) is 3. The average Bonchev–Trinajstić information content (AvgIpc) is 2.32. The maximum Gasteiger partial charge on any atom is 0.271 e. The highest BCUT2D eigenvalue weighted by Gasteiger charge is 2.13. The molecule has 72 valence electrons. The van der Waals surface area contributed by atoms with E-state index in [-0.39, 0.29) is 5.69 Å². The summed E-state index contributed by atoms with van der Waals surface area (Å²) in [5, 5.41) is 7.55. The van der Waals surface area contributed by atoms with Gasteiger partial charge in [-0.25, -0.2) is 4.68 Å². The molecule has 0 spiro atoms. The van der Waals surface area contributed by atoms with E-state index in [1.165, 1.54) is 0 Å². The van der Waals surface area contributed by atoms with Gasteiger partial charge in [0.2, 0.25) is 0 Å². The highest BCUT2D eigenvalue weighted by atomic mass is 16.1. The molecule has 1 rings (SSSR count). The summed E-state index contributed by atoms with van der Waals surface area (Å²) in [6.45, 7) is 6.70. The van der Waals surface area contributed by atoms with Gasteiger partial charge in [-0.05, 0) is 12.8 Å². The molecule has 0 radical (unpaired) electrons. The van der Waals surface area contributed by atoms with Gasteiger partial charge >= 0.3 is 0 Å². The Morgan fingerprint density at radius 3 is 2.62 bits per heavy atom. The Bertz CT molecular complexity index is 316. The molecule has 1 heterocycles. The lowest BCUT2D eigenvalue weighted by Gasteiger charge is -2.05. The summed E-state index contributed by atoms with van der Waals surface area (Å²) in [6.07, 6.45) is 0. The first-order chi connectivity index (χ1) is 6.02. The van der Waals surface area contributed by atoms with Gasteiger partial charge < -0.3 is 5.73 Å². The van der Waals surface area contributed by atoms with E-state index in [1.54, 1.807) is 11.6 Å². The fraction of sp³-hybridized carbons (Fsp3) is 0.625. The molecule has 2 N–H and O–H groups in total. The van der Waals surface area contributed by atoms with Gasteiger partial charge in [-0.1, -0.05) is 19.1 Å². The standard InChI is InChI=1S/C8H14N4O/c1-5(2)4-12-6(3)7(8(9)13)10-11-12/h5H,4H2,1-3H3,(H2,9,13). The summed E-state index contributed by atoms with van der Waals surface area (Å²) in [5.41, 5.74) is 6.11. The van der Waals surface area contributed by atoms with Crippen molar-refractivity contribution in [1.29, 1.82) is 0 Å². The number of nitrogens with zero attached hydrogens (tertiary/aromatic N) is 3. The zero-order chi connectivity index (χ0) is 10.0. The Morgan fingerprint density at radius 1 is 1.62 bits per heavy atom. The molecule has 0 aliphatic carbocycles. The van der Waals surface area contributed by atoms with Crippen molar-refractivity contribution in [2.75, 3.05) is 0 Å². The van der Waals surface area contributed by atoms with E-state index in [1.807, 2.05) is 0 Å². The van der Waals surface area contributed by atoms with E-state index in [4.69, 9.17) is 5.73 Å². The van der Waals surface area contributed by atoms with Crippen molar-refractivity contribution in [3.8, 4) is 0 Å². The first kappa shape index (κ1) is 9.70. The average molecular weight is 182 g/mol. The molecule has 1 aromatic rings. The predicted molar refractivity (Wildman–Crippen MR) is 48.1 cm³/mol. The highest BCUT2D eigenvalue weighted by molar-refractivity contribution is 5.91. The molecule has 13 heavy (non-hydrogen) atoms. The number of carbonyl (C=O) groups is 1. The maximum atomic E-state index is 10.8. The summed E-state index contributed by atoms with van der Waals surface area (Å²) < 4.78 is 1.70. The minimum Gasteiger partial charge on any atom is -0.364 e. The second-order valence-corrected chi connectivity index (χ2v) is 3.46. The van der Waals surface area contributed by atoms with Crippen LogP contribution in [0.5, 0.6) is 0 Å². The van der Waals surface area contributed by atoms with Gasteiger partial charge in [-0.2, -0.15) is 0 Å². The lowest BCUT2D eigenvalue weighted by molar-refractivity contribution is 0.0995. The van der Waals surface area contributed by atoms with Crippen LogP contribution in [0.3, 0.4) is 0 Å². The van der Waals surface area contributed by atoms with E-state index < -0.39 is 5.91 Å². The van der Waals surface area contributed by atoms with Gasteiger partial charge in [-0.15, -0.1) is 5.10 Å². The van der Waals surface area contributed by atoms with Crippen molar-refractivity contribution in [3.05, 3.63) is 11.4 Å². The minimum absolute atomic E-state index is 0.264. The van der Waals surface area contributed by atoms with Crippen molar-refractivity contribution >= 4 is 5.91 Å². The molecule has 5 heteroatoms. The molecule has 0 aromatic carbocycles. The molecule has 0 aliphatic rings. The molecule has 0 fully saturated rings. The molecule has 1 aromatic heterocycles. The monoisotopic (exact) mass is 182 g/mol. The van der Waals surface area contributed by atoms with E-state index >= 15 is 0 Å². The Hall–Kier alpha value is -1.39. The van der Waals surface area contributed by atoms with Crippen LogP contribution in [0.2, 0.25) is 0 Å². The number of nitrogens with two attached hydrogens (primary N) is 1. The van der Waals surface area contributed by atoms with Crippen LogP contribution in [0.1, 0.15) is 30.0 Å². The van der Waals surface area contributed by atoms with E-state index in [0.717, 1.165) is 12.2 Å². The molecular weight excluding hydrogens is 168 g/mol. The number of amides is 1. The Balaban J connectivity index is 2.93. The molecular formula is C8H14N4O. The highest BCUT2D eigenvalue weighted by Crippen LogP contribution is 2.05. The third-order valence-corrected chi connectivity index (χ3v) is 1.75. The Labute approximate surface area is 76.9 Å². The van der Waals surface area contributed by atoms with Crippen LogP contribution in [-0.4, -0.2) is 20.9 Å². The molecule has 1 amide bonds. The van der Waals surface area contributed by atoms with Crippen molar-refractivity contribution in [1.82, 2.24) is 15.0 Å². The van der Waals surface area contributed by atoms with Gasteiger partial charge in [0, 0.05) is 6.54 Å². The van der Waals surface area contributed by atoms with Crippen LogP contribution < -0.4 is 5.73 Å². The fourth-order valence-electron chi connectivity index (χ4n) is 1.11. The molecule has 0 atom stereocenters. The lowest BCUT2D eigenvalue weighted by Crippen LogP contribution is -2.14. The second-order valence-electron chi connectivity index (χ2n) is 3.46. The zero-order valence-electron chi connectivity index (χ0n) is 8.11. The lowest BCUT2D eigenvalue weighted by atomic mass is 10.2. The van der Waals surface area contributed by atoms with E-state index in [2.05, 4.69) is 24.2 Å². The van der Waals surface area contributed by atoms with Gasteiger partial charge in [0.1, 0.15) is 0 Å². The number of rotatable bonds is 3. The quantitative estimate of drug-likeness (QED) is 0.732. The van der Waals surface area contributed by atoms with Gasteiger partial charge in [0.25, 0.3) is 5.91 Å². The van der Waals surface area contributed by atoms with Crippen molar-refractivity contribution in [2.24, 2.45) is 11.7 Å². The SMILES string of the molecule is Cc1c(C(N)=O)nnn1CC(C)C. The van der Waals surface area contributed by atoms with Crippen LogP contribution in [0.15, 0.2) is 0 Å². The maximum absolute atomic E-state index is 10.8. The minimum atomic E-state index is -0.521. The van der Waals surface area contributed by atoms with Gasteiger partial charge in [0.15, 0.2) is 5.69 Å². The summed E-state index contributed by atoms with van der Waals surface area (Å²) in [7, 11) is 0. The summed E-state index contributed by atoms with van der Waals surface area (Å²) in [5.74, 6) is -0.0476. The Morgan fingerprint density at radius 2 is 2.23 bits per heavy atom. The number of primary amides is 1. The summed E-state index contributed by atoms with van der Waals surface area (Å²) >= 11 is 0. The zero-order valence-corrected chi connectivity index (χ0v) is 8.11. The van der Waals surface area contributed by atoms with Crippen LogP contribution in [0.4, 0.5) is 0 Å². The molecule has 0 saturated heterocycles. The van der Waals surface area contributed by atoms with E-state index in [0.29, 0.717) is 5.92 Å². The van der Waals surface area contributed by atoms with Crippen molar-refractivity contribution in [2.45, 2.75) is 27.3 Å². The number of aromatic nitrogens is 3. The smallest absolute Gasteiger partial charge is 0.271 e. The first-order valence-electron chi connectivity index (χ1n) is 4.22. The third kappa shape index (κ3) is 2.05. The Kier molecular flexibility index (Phi) is 2.65. The van der Waals surface area contributed by atoms with Crippen molar-refractivity contribution < 1.29 is 4.79 Å². The third-order valence-electron chi connectivity index (χ3n) is 1.75. The first-order valence-corrected chi connectivity index (χ1v) is 4.22. The summed E-state index contributed by atoms with van der Waals surface area (Å²) in [4.78, 5) is 10.8. The van der Waals surface area contributed by atoms with Gasteiger partial charge in [-0.3, -0.25) is 4.79 Å². The molecule has 5 nitrogen and oxygen atoms in total. The molecule has 0 unspecified atom stereocenters. The van der Waals surface area contributed by atoms with Crippen molar-refractivity contribution in [3.63, 3.8) is 0 Å². The van der Waals surface area contributed by atoms with Crippen LogP contribution in [0, 0.1) is 12.8 Å². The largest absolute Gasteiger partial charge is 0.364 e.